The number of hydrogen-bond acceptors (Lipinski definition) is 5. The molecule has 1 aromatic heterocycles. The van der Waals surface area contributed by atoms with Crippen LogP contribution in [-0.4, -0.2) is 21.9 Å². The van der Waals surface area contributed by atoms with E-state index < -0.39 is 0 Å². The minimum atomic E-state index is -0.310. The van der Waals surface area contributed by atoms with E-state index in [-0.39, 0.29) is 17.7 Å². The predicted octanol–water partition coefficient (Wildman–Crippen LogP) is 4.16. The molecule has 0 radical (unpaired) electrons. The fraction of sp³-hybridized carbons (Fsp3) is 0.167. The van der Waals surface area contributed by atoms with Crippen LogP contribution in [-0.2, 0) is 6.42 Å². The maximum Gasteiger partial charge on any atom is 0.322 e. The number of amides is 1. The van der Waals surface area contributed by atoms with Gasteiger partial charge in [0, 0.05) is 10.5 Å². The van der Waals surface area contributed by atoms with Gasteiger partial charge in [0.1, 0.15) is 5.82 Å². The van der Waals surface area contributed by atoms with Crippen LogP contribution in [0.25, 0.3) is 0 Å². The summed E-state index contributed by atoms with van der Waals surface area (Å²) in [5.41, 5.74) is 1.36. The number of nitrogens with one attached hydrogen (secondary N) is 1. The van der Waals surface area contributed by atoms with Crippen LogP contribution >= 0.6 is 11.8 Å². The van der Waals surface area contributed by atoms with Crippen molar-refractivity contribution in [1.29, 1.82) is 0 Å². The molecule has 1 heterocycles. The summed E-state index contributed by atoms with van der Waals surface area (Å²) < 4.78 is 18.3. The zero-order valence-electron chi connectivity index (χ0n) is 13.5. The Morgan fingerprint density at radius 2 is 2.00 bits per heavy atom. The Labute approximate surface area is 148 Å². The van der Waals surface area contributed by atoms with Crippen molar-refractivity contribution in [2.24, 2.45) is 0 Å². The normalized spacial score (nSPS) is 10.6. The van der Waals surface area contributed by atoms with Gasteiger partial charge in [0.05, 0.1) is 6.42 Å². The highest BCUT2D eigenvalue weighted by Gasteiger charge is 2.12. The summed E-state index contributed by atoms with van der Waals surface area (Å²) in [5.74, 6) is 0.667. The Hall–Kier alpha value is -2.67. The maximum absolute atomic E-state index is 12.9. The van der Waals surface area contributed by atoms with Crippen LogP contribution in [0.5, 0.6) is 0 Å². The molecule has 0 spiro atoms. The SMILES string of the molecule is CCSc1cccc(C(=O)Nc2nnc(Cc3ccc(F)cc3)o2)c1. The molecule has 0 bridgehead atoms. The predicted molar refractivity (Wildman–Crippen MR) is 94.3 cm³/mol. The maximum atomic E-state index is 12.9. The molecule has 3 rings (SSSR count). The van der Waals surface area contributed by atoms with Crippen molar-refractivity contribution in [1.82, 2.24) is 10.2 Å². The van der Waals surface area contributed by atoms with Gasteiger partial charge in [0.25, 0.3) is 5.91 Å². The fourth-order valence-corrected chi connectivity index (χ4v) is 2.93. The lowest BCUT2D eigenvalue weighted by atomic mass is 10.1. The molecular weight excluding hydrogens is 341 g/mol. The number of anilines is 1. The van der Waals surface area contributed by atoms with E-state index >= 15 is 0 Å². The lowest BCUT2D eigenvalue weighted by Crippen LogP contribution is -2.12. The number of aromatic nitrogens is 2. The van der Waals surface area contributed by atoms with Crippen molar-refractivity contribution in [2.45, 2.75) is 18.2 Å². The third kappa shape index (κ3) is 4.67. The molecule has 1 N–H and O–H groups in total. The Kier molecular flexibility index (Phi) is 5.45. The summed E-state index contributed by atoms with van der Waals surface area (Å²) in [6, 6.07) is 13.4. The molecule has 7 heteroatoms. The smallest absolute Gasteiger partial charge is 0.322 e. The monoisotopic (exact) mass is 357 g/mol. The second-order valence-electron chi connectivity index (χ2n) is 5.22. The highest BCUT2D eigenvalue weighted by molar-refractivity contribution is 7.99. The first-order valence-corrected chi connectivity index (χ1v) is 8.73. The highest BCUT2D eigenvalue weighted by atomic mass is 32.2. The Morgan fingerprint density at radius 1 is 1.20 bits per heavy atom. The van der Waals surface area contributed by atoms with Gasteiger partial charge in [-0.3, -0.25) is 10.1 Å². The highest BCUT2D eigenvalue weighted by Crippen LogP contribution is 2.19. The van der Waals surface area contributed by atoms with E-state index in [1.165, 1.54) is 12.1 Å². The van der Waals surface area contributed by atoms with Crippen LogP contribution in [0, 0.1) is 5.82 Å². The van der Waals surface area contributed by atoms with Gasteiger partial charge in [0.15, 0.2) is 0 Å². The van der Waals surface area contributed by atoms with Crippen LogP contribution in [0.3, 0.4) is 0 Å². The van der Waals surface area contributed by atoms with E-state index in [1.54, 1.807) is 30.0 Å². The minimum absolute atomic E-state index is 0.0376. The zero-order valence-corrected chi connectivity index (χ0v) is 14.3. The largest absolute Gasteiger partial charge is 0.407 e. The summed E-state index contributed by atoms with van der Waals surface area (Å²) in [5, 5.41) is 10.3. The van der Waals surface area contributed by atoms with Gasteiger partial charge in [0.2, 0.25) is 5.89 Å². The van der Waals surface area contributed by atoms with Gasteiger partial charge >= 0.3 is 6.01 Å². The van der Waals surface area contributed by atoms with Gasteiger partial charge in [-0.15, -0.1) is 16.9 Å². The molecule has 0 aliphatic carbocycles. The lowest BCUT2D eigenvalue weighted by molar-refractivity contribution is 0.102. The number of thioether (sulfide) groups is 1. The van der Waals surface area contributed by atoms with E-state index in [0.717, 1.165) is 16.2 Å². The molecule has 3 aromatic rings. The lowest BCUT2D eigenvalue weighted by Gasteiger charge is -2.03. The second kappa shape index (κ2) is 7.94. The Morgan fingerprint density at radius 3 is 2.76 bits per heavy atom. The number of benzene rings is 2. The number of rotatable bonds is 6. The van der Waals surface area contributed by atoms with Crippen LogP contribution in [0.4, 0.5) is 10.4 Å². The topological polar surface area (TPSA) is 68.0 Å². The van der Waals surface area contributed by atoms with Crippen molar-refractivity contribution in [3.63, 3.8) is 0 Å². The Balaban J connectivity index is 1.65. The summed E-state index contributed by atoms with van der Waals surface area (Å²) in [4.78, 5) is 13.3. The summed E-state index contributed by atoms with van der Waals surface area (Å²) >= 11 is 1.66. The number of halogens is 1. The van der Waals surface area contributed by atoms with Gasteiger partial charge in [-0.2, -0.15) is 0 Å². The molecule has 5 nitrogen and oxygen atoms in total. The van der Waals surface area contributed by atoms with Crippen LogP contribution < -0.4 is 5.32 Å². The molecule has 0 aliphatic rings. The number of nitrogens with zero attached hydrogens (tertiary/aromatic N) is 2. The van der Waals surface area contributed by atoms with E-state index in [9.17, 15) is 9.18 Å². The molecule has 0 atom stereocenters. The number of carbonyl (C=O) groups is 1. The average Bonchev–Trinajstić information content (AvgIpc) is 3.04. The van der Waals surface area contributed by atoms with Gasteiger partial charge < -0.3 is 4.42 Å². The van der Waals surface area contributed by atoms with Crippen molar-refractivity contribution in [3.8, 4) is 0 Å². The molecule has 1 amide bonds. The zero-order chi connectivity index (χ0) is 17.6. The molecular formula is C18H16FN3O2S. The molecule has 0 saturated carbocycles. The van der Waals surface area contributed by atoms with E-state index in [2.05, 4.69) is 22.4 Å². The van der Waals surface area contributed by atoms with Crippen molar-refractivity contribution in [2.75, 3.05) is 11.1 Å². The average molecular weight is 357 g/mol. The quantitative estimate of drug-likeness (QED) is 0.671. The van der Waals surface area contributed by atoms with Crippen molar-refractivity contribution in [3.05, 3.63) is 71.4 Å². The van der Waals surface area contributed by atoms with Gasteiger partial charge in [-0.25, -0.2) is 4.39 Å². The molecule has 128 valence electrons. The summed E-state index contributed by atoms with van der Waals surface area (Å²) in [6.45, 7) is 2.05. The summed E-state index contributed by atoms with van der Waals surface area (Å²) in [6.07, 6.45) is 0.367. The number of carbonyl (C=O) groups excluding carboxylic acids is 1. The van der Waals surface area contributed by atoms with Crippen LogP contribution in [0.15, 0.2) is 57.8 Å². The van der Waals surface area contributed by atoms with Crippen molar-refractivity contribution >= 4 is 23.7 Å². The molecule has 25 heavy (non-hydrogen) atoms. The molecule has 0 saturated heterocycles. The van der Waals surface area contributed by atoms with Crippen LogP contribution in [0.1, 0.15) is 28.7 Å². The van der Waals surface area contributed by atoms with Crippen LogP contribution in [0.2, 0.25) is 0 Å². The standard InChI is InChI=1S/C18H16FN3O2S/c1-2-25-15-5-3-4-13(11-15)17(23)20-18-22-21-16(24-18)10-12-6-8-14(19)9-7-12/h3-9,11H,2,10H2,1H3,(H,20,22,23). The van der Waals surface area contributed by atoms with Gasteiger partial charge in [-0.05, 0) is 41.6 Å². The summed E-state index contributed by atoms with van der Waals surface area (Å²) in [7, 11) is 0. The van der Waals surface area contributed by atoms with E-state index in [0.29, 0.717) is 17.9 Å². The minimum Gasteiger partial charge on any atom is -0.407 e. The first kappa shape index (κ1) is 17.2. The number of hydrogen-bond donors (Lipinski definition) is 1. The first-order chi connectivity index (χ1) is 12.1. The molecule has 0 unspecified atom stereocenters. The molecule has 0 aliphatic heterocycles. The molecule has 0 fully saturated rings. The molecule has 2 aromatic carbocycles. The third-order valence-electron chi connectivity index (χ3n) is 3.36. The Bertz CT molecular complexity index is 865. The fourth-order valence-electron chi connectivity index (χ4n) is 2.22. The van der Waals surface area contributed by atoms with E-state index in [4.69, 9.17) is 4.42 Å². The van der Waals surface area contributed by atoms with Gasteiger partial charge in [-0.1, -0.05) is 30.2 Å². The first-order valence-electron chi connectivity index (χ1n) is 7.75. The van der Waals surface area contributed by atoms with E-state index in [1.807, 2.05) is 18.2 Å². The third-order valence-corrected chi connectivity index (χ3v) is 4.24. The van der Waals surface area contributed by atoms with Crippen molar-refractivity contribution < 1.29 is 13.6 Å². The second-order valence-corrected chi connectivity index (χ2v) is 6.56.